The average molecular weight is 333 g/mol. The summed E-state index contributed by atoms with van der Waals surface area (Å²) in [6.07, 6.45) is 0. The lowest BCUT2D eigenvalue weighted by Crippen LogP contribution is -2.04. The average Bonchev–Trinajstić information content (AvgIpc) is 2.33. The summed E-state index contributed by atoms with van der Waals surface area (Å²) in [4.78, 5) is -1.02. The molecular weight excluding hydrogens is 324 g/mol. The minimum atomic E-state index is -1.02. The summed E-state index contributed by atoms with van der Waals surface area (Å²) in [6.45, 7) is 1.45. The highest BCUT2D eigenvalue weighted by molar-refractivity contribution is 9.09. The summed E-state index contributed by atoms with van der Waals surface area (Å²) in [5.74, 6) is -3.13. The summed E-state index contributed by atoms with van der Waals surface area (Å²) in [6, 6.07) is 5.33. The van der Waals surface area contributed by atoms with E-state index >= 15 is 0 Å². The molecule has 100 valence electrons. The second kappa shape index (κ2) is 5.33. The van der Waals surface area contributed by atoms with Gasteiger partial charge in [0.1, 0.15) is 23.3 Å². The van der Waals surface area contributed by atoms with Gasteiger partial charge in [-0.1, -0.05) is 22.0 Å². The van der Waals surface area contributed by atoms with Crippen LogP contribution in [-0.2, 0) is 0 Å². The van der Waals surface area contributed by atoms with E-state index in [9.17, 15) is 17.6 Å². The quantitative estimate of drug-likeness (QED) is 0.534. The molecule has 0 aliphatic carbocycles. The standard InChI is InChI=1S/C14H9BrF4/c1-7-5-8(12(19)6-11(7)18)14(15)13-9(16)3-2-4-10(13)17/h2-6,14H,1H3. The predicted octanol–water partition coefficient (Wildman–Crippen LogP) is 5.04. The molecule has 0 bridgehead atoms. The van der Waals surface area contributed by atoms with Gasteiger partial charge in [-0.25, -0.2) is 17.6 Å². The number of rotatable bonds is 2. The fraction of sp³-hybridized carbons (Fsp3) is 0.143. The Morgan fingerprint density at radius 1 is 0.895 bits per heavy atom. The van der Waals surface area contributed by atoms with Gasteiger partial charge in [0.2, 0.25) is 0 Å². The van der Waals surface area contributed by atoms with Crippen LogP contribution in [0.5, 0.6) is 0 Å². The summed E-state index contributed by atoms with van der Waals surface area (Å²) < 4.78 is 54.2. The zero-order chi connectivity index (χ0) is 14.2. The van der Waals surface area contributed by atoms with Crippen LogP contribution in [0.15, 0.2) is 30.3 Å². The number of benzene rings is 2. The van der Waals surface area contributed by atoms with Gasteiger partial charge in [0.05, 0.1) is 4.83 Å². The summed E-state index contributed by atoms with van der Waals surface area (Å²) >= 11 is 3.06. The van der Waals surface area contributed by atoms with Crippen LogP contribution in [0.25, 0.3) is 0 Å². The molecular formula is C14H9BrF4. The van der Waals surface area contributed by atoms with Crippen LogP contribution < -0.4 is 0 Å². The van der Waals surface area contributed by atoms with Crippen molar-refractivity contribution in [2.45, 2.75) is 11.8 Å². The lowest BCUT2D eigenvalue weighted by Gasteiger charge is -2.14. The molecule has 0 radical (unpaired) electrons. The molecule has 0 aliphatic heterocycles. The molecule has 19 heavy (non-hydrogen) atoms. The Morgan fingerprint density at radius 2 is 1.47 bits per heavy atom. The van der Waals surface area contributed by atoms with Gasteiger partial charge in [-0.2, -0.15) is 0 Å². The zero-order valence-electron chi connectivity index (χ0n) is 9.85. The van der Waals surface area contributed by atoms with Gasteiger partial charge in [0.15, 0.2) is 0 Å². The van der Waals surface area contributed by atoms with Crippen molar-refractivity contribution in [3.05, 3.63) is 70.3 Å². The van der Waals surface area contributed by atoms with Crippen molar-refractivity contribution in [1.29, 1.82) is 0 Å². The number of hydrogen-bond donors (Lipinski definition) is 0. The van der Waals surface area contributed by atoms with Crippen LogP contribution in [0, 0.1) is 30.2 Å². The summed E-state index contributed by atoms with van der Waals surface area (Å²) in [5, 5.41) is 0. The van der Waals surface area contributed by atoms with Crippen molar-refractivity contribution in [2.24, 2.45) is 0 Å². The smallest absolute Gasteiger partial charge is 0.130 e. The summed E-state index contributed by atoms with van der Waals surface area (Å²) in [5.41, 5.74) is -0.104. The molecule has 0 saturated carbocycles. The first kappa shape index (κ1) is 14.1. The molecule has 1 unspecified atom stereocenters. The second-order valence-electron chi connectivity index (χ2n) is 4.12. The molecule has 0 nitrogen and oxygen atoms in total. The molecule has 0 saturated heterocycles. The Balaban J connectivity index is 2.56. The molecule has 0 fully saturated rings. The topological polar surface area (TPSA) is 0 Å². The molecule has 0 aliphatic rings. The molecule has 1 atom stereocenters. The molecule has 5 heteroatoms. The third-order valence-corrected chi connectivity index (χ3v) is 3.76. The molecule has 0 spiro atoms. The first-order valence-electron chi connectivity index (χ1n) is 5.45. The highest BCUT2D eigenvalue weighted by Crippen LogP contribution is 2.36. The number of alkyl halides is 1. The van der Waals surface area contributed by atoms with Crippen molar-refractivity contribution < 1.29 is 17.6 Å². The highest BCUT2D eigenvalue weighted by Gasteiger charge is 2.23. The maximum atomic E-state index is 13.7. The van der Waals surface area contributed by atoms with Crippen LogP contribution in [-0.4, -0.2) is 0 Å². The highest BCUT2D eigenvalue weighted by atomic mass is 79.9. The molecule has 2 aromatic carbocycles. The van der Waals surface area contributed by atoms with Gasteiger partial charge in [0, 0.05) is 17.2 Å². The molecule has 2 rings (SSSR count). The van der Waals surface area contributed by atoms with E-state index in [1.807, 2.05) is 0 Å². The fourth-order valence-electron chi connectivity index (χ4n) is 1.78. The predicted molar refractivity (Wildman–Crippen MR) is 68.2 cm³/mol. The van der Waals surface area contributed by atoms with Gasteiger partial charge < -0.3 is 0 Å². The van der Waals surface area contributed by atoms with Crippen LogP contribution in [0.4, 0.5) is 17.6 Å². The Hall–Kier alpha value is -1.36. The number of halogens is 5. The van der Waals surface area contributed by atoms with Crippen LogP contribution in [0.3, 0.4) is 0 Å². The van der Waals surface area contributed by atoms with E-state index in [2.05, 4.69) is 15.9 Å². The minimum Gasteiger partial charge on any atom is -0.207 e. The number of aryl methyl sites for hydroxylation is 1. The van der Waals surface area contributed by atoms with Crippen LogP contribution in [0.1, 0.15) is 21.5 Å². The Labute approximate surface area is 116 Å². The van der Waals surface area contributed by atoms with Crippen molar-refractivity contribution in [3.8, 4) is 0 Å². The lowest BCUT2D eigenvalue weighted by molar-refractivity contribution is 0.549. The Morgan fingerprint density at radius 3 is 2.05 bits per heavy atom. The van der Waals surface area contributed by atoms with E-state index in [4.69, 9.17) is 0 Å². The van der Waals surface area contributed by atoms with Crippen molar-refractivity contribution in [1.82, 2.24) is 0 Å². The normalized spacial score (nSPS) is 12.5. The van der Waals surface area contributed by atoms with E-state index < -0.39 is 28.1 Å². The van der Waals surface area contributed by atoms with Crippen molar-refractivity contribution in [2.75, 3.05) is 0 Å². The van der Waals surface area contributed by atoms with E-state index in [0.717, 1.165) is 12.1 Å². The first-order chi connectivity index (χ1) is 8.91. The third-order valence-electron chi connectivity index (χ3n) is 2.80. The maximum absolute atomic E-state index is 13.7. The zero-order valence-corrected chi connectivity index (χ0v) is 11.4. The van der Waals surface area contributed by atoms with Crippen molar-refractivity contribution in [3.63, 3.8) is 0 Å². The number of hydrogen-bond acceptors (Lipinski definition) is 0. The first-order valence-corrected chi connectivity index (χ1v) is 6.37. The molecule has 0 aromatic heterocycles. The van der Waals surface area contributed by atoms with Gasteiger partial charge in [-0.3, -0.25) is 0 Å². The second-order valence-corrected chi connectivity index (χ2v) is 5.04. The Bertz CT molecular complexity index is 605. The van der Waals surface area contributed by atoms with Crippen LogP contribution >= 0.6 is 15.9 Å². The molecule has 0 heterocycles. The van der Waals surface area contributed by atoms with Gasteiger partial charge >= 0.3 is 0 Å². The van der Waals surface area contributed by atoms with Crippen molar-refractivity contribution >= 4 is 15.9 Å². The van der Waals surface area contributed by atoms with E-state index in [0.29, 0.717) is 6.07 Å². The van der Waals surface area contributed by atoms with Gasteiger partial charge in [-0.05, 0) is 30.7 Å². The monoisotopic (exact) mass is 332 g/mol. The van der Waals surface area contributed by atoms with Crippen LogP contribution in [0.2, 0.25) is 0 Å². The van der Waals surface area contributed by atoms with Gasteiger partial charge in [-0.15, -0.1) is 0 Å². The SMILES string of the molecule is Cc1cc(C(Br)c2c(F)cccc2F)c(F)cc1F. The maximum Gasteiger partial charge on any atom is 0.130 e. The van der Waals surface area contributed by atoms with E-state index in [1.54, 1.807) is 0 Å². The van der Waals surface area contributed by atoms with Gasteiger partial charge in [0.25, 0.3) is 0 Å². The van der Waals surface area contributed by atoms with E-state index in [-0.39, 0.29) is 16.7 Å². The molecule has 0 amide bonds. The fourth-order valence-corrected chi connectivity index (χ4v) is 2.57. The molecule has 0 N–H and O–H groups in total. The van der Waals surface area contributed by atoms with E-state index in [1.165, 1.54) is 19.1 Å². The largest absolute Gasteiger partial charge is 0.207 e. The lowest BCUT2D eigenvalue weighted by atomic mass is 10.0. The minimum absolute atomic E-state index is 0.0112. The summed E-state index contributed by atoms with van der Waals surface area (Å²) in [7, 11) is 0. The Kier molecular flexibility index (Phi) is 3.94. The molecule has 2 aromatic rings. The third kappa shape index (κ3) is 2.66.